The highest BCUT2D eigenvalue weighted by molar-refractivity contribution is 5.85. The molecule has 2 rings (SSSR count). The maximum Gasteiger partial charge on any atom is 0.252 e. The second-order valence-electron chi connectivity index (χ2n) is 3.71. The van der Waals surface area contributed by atoms with Crippen molar-refractivity contribution in [2.24, 2.45) is 5.92 Å². The predicted octanol–water partition coefficient (Wildman–Crippen LogP) is 1.39. The molecule has 2 fully saturated rings. The molecule has 86 valence electrons. The monoisotopic (exact) mass is 248 g/mol. The molecule has 14 heavy (non-hydrogen) atoms. The number of hydrogen-bond donors (Lipinski definition) is 1. The minimum Gasteiger partial charge on any atom is -0.314 e. The number of halogens is 4. The average Bonchev–Trinajstić information content (AvgIpc) is 2.61. The van der Waals surface area contributed by atoms with Crippen molar-refractivity contribution in [2.75, 3.05) is 32.7 Å². The lowest BCUT2D eigenvalue weighted by Gasteiger charge is -2.26. The molecule has 0 spiro atoms. The lowest BCUT2D eigenvalue weighted by molar-refractivity contribution is 0.0853. The van der Waals surface area contributed by atoms with E-state index >= 15 is 0 Å². The molecule has 0 aromatic rings. The van der Waals surface area contributed by atoms with Gasteiger partial charge < -0.3 is 10.2 Å². The van der Waals surface area contributed by atoms with Gasteiger partial charge in [0.1, 0.15) is 0 Å². The molecule has 1 saturated heterocycles. The van der Waals surface area contributed by atoms with E-state index in [0.29, 0.717) is 6.54 Å². The molecule has 6 heteroatoms. The maximum absolute atomic E-state index is 12.5. The molecule has 0 aromatic carbocycles. The van der Waals surface area contributed by atoms with Crippen molar-refractivity contribution in [2.45, 2.75) is 12.3 Å². The topological polar surface area (TPSA) is 15.3 Å². The fraction of sp³-hybridized carbons (Fsp3) is 1.00. The van der Waals surface area contributed by atoms with Crippen molar-refractivity contribution in [3.05, 3.63) is 0 Å². The third-order valence-corrected chi connectivity index (χ3v) is 2.64. The van der Waals surface area contributed by atoms with E-state index in [0.717, 1.165) is 26.2 Å². The first-order valence-electron chi connectivity index (χ1n) is 4.49. The number of alkyl halides is 2. The van der Waals surface area contributed by atoms with Gasteiger partial charge in [0.2, 0.25) is 0 Å². The van der Waals surface area contributed by atoms with Crippen LogP contribution < -0.4 is 5.32 Å². The quantitative estimate of drug-likeness (QED) is 0.795. The van der Waals surface area contributed by atoms with E-state index in [4.69, 9.17) is 0 Å². The van der Waals surface area contributed by atoms with Crippen molar-refractivity contribution in [3.63, 3.8) is 0 Å². The van der Waals surface area contributed by atoms with Crippen LogP contribution >= 0.6 is 24.8 Å². The Labute approximate surface area is 95.2 Å². The Morgan fingerprint density at radius 2 is 1.71 bits per heavy atom. The van der Waals surface area contributed by atoms with Crippen LogP contribution in [0.3, 0.4) is 0 Å². The molecule has 1 heterocycles. The standard InChI is InChI=1S/C8H14F2N2.2ClH/c9-8(10)5-7(8)6-12-3-1-11-2-4-12;;/h7,11H,1-6H2;2*1H. The van der Waals surface area contributed by atoms with Crippen LogP contribution in [0.5, 0.6) is 0 Å². The second kappa shape index (κ2) is 5.45. The van der Waals surface area contributed by atoms with E-state index in [-0.39, 0.29) is 37.2 Å². The molecule has 0 amide bonds. The second-order valence-corrected chi connectivity index (χ2v) is 3.71. The van der Waals surface area contributed by atoms with E-state index < -0.39 is 5.92 Å². The van der Waals surface area contributed by atoms with Gasteiger partial charge in [0.25, 0.3) is 5.92 Å². The lowest BCUT2D eigenvalue weighted by Crippen LogP contribution is -2.44. The summed E-state index contributed by atoms with van der Waals surface area (Å²) in [5.74, 6) is -2.69. The summed E-state index contributed by atoms with van der Waals surface area (Å²) in [5.41, 5.74) is 0. The SMILES string of the molecule is Cl.Cl.FC1(F)CC1CN1CCNCC1. The molecule has 1 N–H and O–H groups in total. The fourth-order valence-corrected chi connectivity index (χ4v) is 1.67. The molecule has 1 aliphatic heterocycles. The minimum absolute atomic E-state index is 0. The van der Waals surface area contributed by atoms with Crippen LogP contribution in [0.4, 0.5) is 8.78 Å². The zero-order valence-electron chi connectivity index (χ0n) is 7.84. The lowest BCUT2D eigenvalue weighted by atomic mass is 10.3. The Kier molecular flexibility index (Phi) is 5.59. The first-order chi connectivity index (χ1) is 5.68. The molecular weight excluding hydrogens is 233 g/mol. The Hall–Kier alpha value is 0.360. The third-order valence-electron chi connectivity index (χ3n) is 2.64. The van der Waals surface area contributed by atoms with Crippen LogP contribution in [0.25, 0.3) is 0 Å². The van der Waals surface area contributed by atoms with Gasteiger partial charge in [0, 0.05) is 45.1 Å². The molecule has 0 aromatic heterocycles. The Morgan fingerprint density at radius 3 is 2.14 bits per heavy atom. The zero-order valence-corrected chi connectivity index (χ0v) is 9.47. The predicted molar refractivity (Wildman–Crippen MR) is 56.9 cm³/mol. The number of piperazine rings is 1. The number of hydrogen-bond acceptors (Lipinski definition) is 2. The average molecular weight is 249 g/mol. The highest BCUT2D eigenvalue weighted by Gasteiger charge is 2.56. The Bertz CT molecular complexity index is 175. The van der Waals surface area contributed by atoms with Gasteiger partial charge in [-0.2, -0.15) is 0 Å². The number of nitrogens with one attached hydrogen (secondary N) is 1. The van der Waals surface area contributed by atoms with Crippen molar-refractivity contribution in [1.82, 2.24) is 10.2 Å². The van der Waals surface area contributed by atoms with Gasteiger partial charge in [0.15, 0.2) is 0 Å². The van der Waals surface area contributed by atoms with Crippen LogP contribution in [-0.2, 0) is 0 Å². The largest absolute Gasteiger partial charge is 0.314 e. The van der Waals surface area contributed by atoms with Crippen LogP contribution in [0.15, 0.2) is 0 Å². The third kappa shape index (κ3) is 3.50. The normalized spacial score (nSPS) is 30.0. The van der Waals surface area contributed by atoms with E-state index in [9.17, 15) is 8.78 Å². The molecule has 0 radical (unpaired) electrons. The Morgan fingerprint density at radius 1 is 1.21 bits per heavy atom. The van der Waals surface area contributed by atoms with Crippen molar-refractivity contribution >= 4 is 24.8 Å². The van der Waals surface area contributed by atoms with Gasteiger partial charge >= 0.3 is 0 Å². The number of nitrogens with zero attached hydrogens (tertiary/aromatic N) is 1. The van der Waals surface area contributed by atoms with Gasteiger partial charge in [-0.3, -0.25) is 0 Å². The smallest absolute Gasteiger partial charge is 0.252 e. The molecule has 2 nitrogen and oxygen atoms in total. The summed E-state index contributed by atoms with van der Waals surface area (Å²) in [6.45, 7) is 4.32. The molecule has 1 aliphatic carbocycles. The van der Waals surface area contributed by atoms with Crippen LogP contribution in [-0.4, -0.2) is 43.5 Å². The van der Waals surface area contributed by atoms with Gasteiger partial charge in [-0.1, -0.05) is 0 Å². The van der Waals surface area contributed by atoms with Crippen LogP contribution in [0, 0.1) is 5.92 Å². The molecule has 1 unspecified atom stereocenters. The molecule has 1 atom stereocenters. The van der Waals surface area contributed by atoms with Crippen molar-refractivity contribution in [1.29, 1.82) is 0 Å². The summed E-state index contributed by atoms with van der Waals surface area (Å²) in [5, 5.41) is 3.20. The van der Waals surface area contributed by atoms with Crippen molar-refractivity contribution < 1.29 is 8.78 Å². The molecular formula is C8H16Cl2F2N2. The van der Waals surface area contributed by atoms with Gasteiger partial charge in [-0.15, -0.1) is 24.8 Å². The first kappa shape index (κ1) is 14.4. The van der Waals surface area contributed by atoms with Gasteiger partial charge in [-0.25, -0.2) is 8.78 Å². The summed E-state index contributed by atoms with van der Waals surface area (Å²) in [6.07, 6.45) is 0.108. The first-order valence-corrected chi connectivity index (χ1v) is 4.49. The van der Waals surface area contributed by atoms with E-state index in [1.807, 2.05) is 0 Å². The molecule has 0 bridgehead atoms. The summed E-state index contributed by atoms with van der Waals surface area (Å²) >= 11 is 0. The highest BCUT2D eigenvalue weighted by Crippen LogP contribution is 2.48. The fourth-order valence-electron chi connectivity index (χ4n) is 1.67. The number of rotatable bonds is 2. The summed E-state index contributed by atoms with van der Waals surface area (Å²) in [7, 11) is 0. The highest BCUT2D eigenvalue weighted by atomic mass is 35.5. The van der Waals surface area contributed by atoms with E-state index in [1.54, 1.807) is 0 Å². The van der Waals surface area contributed by atoms with Gasteiger partial charge in [0.05, 0.1) is 0 Å². The summed E-state index contributed by atoms with van der Waals surface area (Å²) in [4.78, 5) is 2.13. The minimum atomic E-state index is -2.34. The molecule has 2 aliphatic rings. The van der Waals surface area contributed by atoms with Crippen LogP contribution in [0.2, 0.25) is 0 Å². The van der Waals surface area contributed by atoms with Gasteiger partial charge in [-0.05, 0) is 0 Å². The van der Waals surface area contributed by atoms with E-state index in [2.05, 4.69) is 10.2 Å². The summed E-state index contributed by atoms with van der Waals surface area (Å²) in [6, 6.07) is 0. The zero-order chi connectivity index (χ0) is 8.60. The van der Waals surface area contributed by atoms with Crippen LogP contribution in [0.1, 0.15) is 6.42 Å². The van der Waals surface area contributed by atoms with E-state index in [1.165, 1.54) is 0 Å². The Balaban J connectivity index is 0.000000845. The summed E-state index contributed by atoms with van der Waals surface area (Å²) < 4.78 is 25.0. The van der Waals surface area contributed by atoms with Crippen molar-refractivity contribution in [3.8, 4) is 0 Å². The molecule has 1 saturated carbocycles. The maximum atomic E-state index is 12.5.